The molecule has 0 heterocycles. The van der Waals surface area contributed by atoms with Gasteiger partial charge in [0, 0.05) is 18.8 Å². The number of Topliss-reactive ketones (excluding diaryl/α,β-unsaturated/α-hetero) is 1. The van der Waals surface area contributed by atoms with Crippen LogP contribution in [0.4, 0.5) is 0 Å². The highest BCUT2D eigenvalue weighted by atomic mass is 16.5. The molecule has 0 aromatic rings. The summed E-state index contributed by atoms with van der Waals surface area (Å²) >= 11 is 0. The topological polar surface area (TPSA) is 63.6 Å². The fourth-order valence-electron chi connectivity index (χ4n) is 8.05. The van der Waals surface area contributed by atoms with Crippen LogP contribution in [0.2, 0.25) is 0 Å². The minimum absolute atomic E-state index is 0.0246. The number of esters is 1. The van der Waals surface area contributed by atoms with Crippen molar-refractivity contribution in [3.8, 4) is 0 Å². The van der Waals surface area contributed by atoms with Crippen LogP contribution in [0.25, 0.3) is 0 Å². The quantitative estimate of drug-likeness (QED) is 0.561. The molecule has 0 saturated heterocycles. The largest absolute Gasteiger partial charge is 0.462 e. The van der Waals surface area contributed by atoms with Gasteiger partial charge in [0.15, 0.2) is 5.78 Å². The number of carbonyl (C=O) groups excluding carboxylic acids is 2. The second kappa shape index (κ2) is 6.42. The summed E-state index contributed by atoms with van der Waals surface area (Å²) in [6, 6.07) is 0. The highest BCUT2D eigenvalue weighted by Crippen LogP contribution is 2.68. The van der Waals surface area contributed by atoms with Gasteiger partial charge in [-0.25, -0.2) is 0 Å². The summed E-state index contributed by atoms with van der Waals surface area (Å²) in [4.78, 5) is 23.9. The fourth-order valence-corrected chi connectivity index (χ4v) is 8.05. The lowest BCUT2D eigenvalue weighted by Crippen LogP contribution is -2.58. The standard InChI is InChI=1S/C24H36O4/c1-14-12-21-19-7-6-17-13-18(28-16(3)26)8-10-22(17,4)20(19)9-11-23(21,5)24(14,27)15(2)25/h6,14,18-21,27H,7-13H2,1-5H3/t14-,18-,19-,20+,21+,22+,23+,24+/m0/s1. The number of ketones is 1. The number of hydrogen-bond donors (Lipinski definition) is 1. The minimum atomic E-state index is -1.18. The molecule has 4 rings (SSSR count). The van der Waals surface area contributed by atoms with E-state index in [9.17, 15) is 14.7 Å². The molecule has 4 aliphatic carbocycles. The third-order valence-electron chi connectivity index (χ3n) is 9.51. The van der Waals surface area contributed by atoms with Gasteiger partial charge in [-0.05, 0) is 74.5 Å². The van der Waals surface area contributed by atoms with E-state index in [1.807, 2.05) is 0 Å². The molecular formula is C24H36O4. The summed E-state index contributed by atoms with van der Waals surface area (Å²) in [5.41, 5.74) is 0.153. The lowest BCUT2D eigenvalue weighted by atomic mass is 9.46. The van der Waals surface area contributed by atoms with E-state index in [0.29, 0.717) is 17.8 Å². The fraction of sp³-hybridized carbons (Fsp3) is 0.833. The van der Waals surface area contributed by atoms with E-state index in [2.05, 4.69) is 26.8 Å². The van der Waals surface area contributed by atoms with Crippen molar-refractivity contribution in [3.05, 3.63) is 11.6 Å². The highest BCUT2D eigenvalue weighted by Gasteiger charge is 2.67. The first kappa shape index (κ1) is 20.1. The normalized spacial score (nSPS) is 50.1. The SMILES string of the molecule is CC(=O)O[C@H]1CC[C@]2(C)C(=CC[C@H]3[C@H]2CC[C@]2(C)[C@@H]3C[C@H](C)[C@@]2(O)C(C)=O)C1. The van der Waals surface area contributed by atoms with E-state index >= 15 is 0 Å². The molecule has 28 heavy (non-hydrogen) atoms. The van der Waals surface area contributed by atoms with Crippen molar-refractivity contribution in [3.63, 3.8) is 0 Å². The molecule has 156 valence electrons. The van der Waals surface area contributed by atoms with E-state index < -0.39 is 5.60 Å². The smallest absolute Gasteiger partial charge is 0.302 e. The Morgan fingerprint density at radius 2 is 1.86 bits per heavy atom. The number of hydrogen-bond acceptors (Lipinski definition) is 4. The number of carbonyl (C=O) groups is 2. The van der Waals surface area contributed by atoms with Crippen molar-refractivity contribution in [2.45, 2.75) is 91.3 Å². The first-order valence-electron chi connectivity index (χ1n) is 11.1. The van der Waals surface area contributed by atoms with E-state index in [1.165, 1.54) is 12.5 Å². The Kier molecular flexibility index (Phi) is 4.61. The van der Waals surface area contributed by atoms with Crippen LogP contribution >= 0.6 is 0 Å². The molecule has 3 fully saturated rings. The summed E-state index contributed by atoms with van der Waals surface area (Å²) < 4.78 is 5.52. The molecule has 0 aromatic carbocycles. The van der Waals surface area contributed by atoms with Crippen molar-refractivity contribution in [1.82, 2.24) is 0 Å². The van der Waals surface area contributed by atoms with Crippen molar-refractivity contribution >= 4 is 11.8 Å². The van der Waals surface area contributed by atoms with Gasteiger partial charge in [0.1, 0.15) is 11.7 Å². The summed E-state index contributed by atoms with van der Waals surface area (Å²) in [6.45, 7) is 9.73. The van der Waals surface area contributed by atoms with Gasteiger partial charge in [-0.1, -0.05) is 32.4 Å². The highest BCUT2D eigenvalue weighted by molar-refractivity contribution is 5.86. The van der Waals surface area contributed by atoms with Crippen LogP contribution in [0.3, 0.4) is 0 Å². The number of allylic oxidation sites excluding steroid dienone is 1. The maximum Gasteiger partial charge on any atom is 0.302 e. The Labute approximate surface area is 169 Å². The first-order chi connectivity index (χ1) is 13.0. The molecule has 3 saturated carbocycles. The third-order valence-corrected chi connectivity index (χ3v) is 9.51. The van der Waals surface area contributed by atoms with Crippen molar-refractivity contribution < 1.29 is 19.4 Å². The lowest BCUT2D eigenvalue weighted by molar-refractivity contribution is -0.165. The Morgan fingerprint density at radius 1 is 1.14 bits per heavy atom. The van der Waals surface area contributed by atoms with Crippen molar-refractivity contribution in [1.29, 1.82) is 0 Å². The molecule has 0 amide bonds. The van der Waals surface area contributed by atoms with Crippen LogP contribution in [0.15, 0.2) is 11.6 Å². The average Bonchev–Trinajstić information content (AvgIpc) is 2.83. The minimum Gasteiger partial charge on any atom is -0.462 e. The second-order valence-corrected chi connectivity index (χ2v) is 10.6. The Balaban J connectivity index is 1.64. The number of rotatable bonds is 2. The van der Waals surface area contributed by atoms with Crippen LogP contribution in [0, 0.1) is 34.5 Å². The van der Waals surface area contributed by atoms with Crippen molar-refractivity contribution in [2.75, 3.05) is 0 Å². The van der Waals surface area contributed by atoms with E-state index in [-0.39, 0.29) is 34.6 Å². The molecule has 0 aromatic heterocycles. The number of ether oxygens (including phenoxy) is 1. The zero-order valence-electron chi connectivity index (χ0n) is 18.1. The van der Waals surface area contributed by atoms with Gasteiger partial charge in [0.2, 0.25) is 0 Å². The summed E-state index contributed by atoms with van der Waals surface area (Å²) in [7, 11) is 0. The van der Waals surface area contributed by atoms with Crippen LogP contribution in [-0.4, -0.2) is 28.6 Å². The van der Waals surface area contributed by atoms with Gasteiger partial charge in [0.05, 0.1) is 0 Å². The van der Waals surface area contributed by atoms with Gasteiger partial charge in [-0.2, -0.15) is 0 Å². The van der Waals surface area contributed by atoms with Gasteiger partial charge < -0.3 is 9.84 Å². The molecule has 0 spiro atoms. The van der Waals surface area contributed by atoms with E-state index in [0.717, 1.165) is 44.9 Å². The molecule has 1 N–H and O–H groups in total. The Bertz CT molecular complexity index is 726. The molecule has 8 atom stereocenters. The van der Waals surface area contributed by atoms with Gasteiger partial charge >= 0.3 is 5.97 Å². The molecule has 0 aliphatic heterocycles. The van der Waals surface area contributed by atoms with Gasteiger partial charge in [-0.3, -0.25) is 9.59 Å². The summed E-state index contributed by atoms with van der Waals surface area (Å²) in [6.07, 6.45) is 9.29. The predicted molar refractivity (Wildman–Crippen MR) is 107 cm³/mol. The maximum absolute atomic E-state index is 12.5. The number of aliphatic hydroxyl groups is 1. The molecule has 0 bridgehead atoms. The Morgan fingerprint density at radius 3 is 2.50 bits per heavy atom. The van der Waals surface area contributed by atoms with E-state index in [4.69, 9.17) is 4.74 Å². The molecular weight excluding hydrogens is 352 g/mol. The van der Waals surface area contributed by atoms with Crippen LogP contribution in [0.5, 0.6) is 0 Å². The number of fused-ring (bicyclic) bond motifs is 5. The second-order valence-electron chi connectivity index (χ2n) is 10.6. The lowest BCUT2D eigenvalue weighted by Gasteiger charge is -2.58. The summed E-state index contributed by atoms with van der Waals surface area (Å²) in [5.74, 6) is 1.33. The van der Waals surface area contributed by atoms with Gasteiger partial charge in [0.25, 0.3) is 0 Å². The van der Waals surface area contributed by atoms with E-state index in [1.54, 1.807) is 6.92 Å². The zero-order chi connectivity index (χ0) is 20.5. The van der Waals surface area contributed by atoms with Crippen LogP contribution in [-0.2, 0) is 14.3 Å². The molecule has 0 radical (unpaired) electrons. The monoisotopic (exact) mass is 388 g/mol. The first-order valence-corrected chi connectivity index (χ1v) is 11.1. The molecule has 4 nitrogen and oxygen atoms in total. The predicted octanol–water partition coefficient (Wildman–Crippen LogP) is 4.45. The van der Waals surface area contributed by atoms with Crippen LogP contribution < -0.4 is 0 Å². The zero-order valence-corrected chi connectivity index (χ0v) is 18.1. The molecule has 0 unspecified atom stereocenters. The molecule has 4 heteroatoms. The van der Waals surface area contributed by atoms with Crippen molar-refractivity contribution in [2.24, 2.45) is 34.5 Å². The van der Waals surface area contributed by atoms with Gasteiger partial charge in [-0.15, -0.1) is 0 Å². The average molecular weight is 389 g/mol. The molecule has 4 aliphatic rings. The van der Waals surface area contributed by atoms with Crippen LogP contribution in [0.1, 0.15) is 79.6 Å². The summed E-state index contributed by atoms with van der Waals surface area (Å²) in [5, 5.41) is 11.5. The Hall–Kier alpha value is -1.16. The maximum atomic E-state index is 12.5. The third kappa shape index (κ3) is 2.52.